The summed E-state index contributed by atoms with van der Waals surface area (Å²) in [5, 5.41) is 6.49. The van der Waals surface area contributed by atoms with Gasteiger partial charge < -0.3 is 10.2 Å². The van der Waals surface area contributed by atoms with E-state index in [1.807, 2.05) is 30.5 Å². The standard InChI is InChI=1S/C21H24N6O2S/c28-13-18(29)20-19(30-14-25-20)10-16-3-7-23-21(26-16)27-8-4-15(5-9-27)11-24-17-2-1-6-22-12-17/h1-3,6-7,10,12-13,15,20,24-25H,4-5,8-9,11,14H2/b19-10-. The summed E-state index contributed by atoms with van der Waals surface area (Å²) < 4.78 is 0. The van der Waals surface area contributed by atoms with Crippen LogP contribution in [0, 0.1) is 5.92 Å². The molecule has 2 aromatic rings. The van der Waals surface area contributed by atoms with Crippen molar-refractivity contribution in [2.24, 2.45) is 5.92 Å². The largest absolute Gasteiger partial charge is 0.384 e. The van der Waals surface area contributed by atoms with Crippen LogP contribution in [0.25, 0.3) is 6.08 Å². The topological polar surface area (TPSA) is 100 Å². The molecule has 2 aliphatic heterocycles. The van der Waals surface area contributed by atoms with E-state index in [1.54, 1.807) is 12.4 Å². The Morgan fingerprint density at radius 2 is 2.17 bits per heavy atom. The first kappa shape index (κ1) is 20.5. The molecule has 2 aliphatic rings. The second-order valence-corrected chi connectivity index (χ2v) is 8.38. The number of hydrogen-bond donors (Lipinski definition) is 2. The molecule has 1 unspecified atom stereocenters. The molecule has 0 radical (unpaired) electrons. The second-order valence-electron chi connectivity index (χ2n) is 7.33. The number of carbonyl (C=O) groups is 2. The number of nitrogens with zero attached hydrogens (tertiary/aromatic N) is 4. The zero-order valence-corrected chi connectivity index (χ0v) is 17.3. The van der Waals surface area contributed by atoms with Gasteiger partial charge in [-0.1, -0.05) is 0 Å². The van der Waals surface area contributed by atoms with Gasteiger partial charge in [-0.2, -0.15) is 0 Å². The number of thioether (sulfide) groups is 1. The molecule has 8 nitrogen and oxygen atoms in total. The third-order valence-corrected chi connectivity index (χ3v) is 6.32. The average molecular weight is 425 g/mol. The summed E-state index contributed by atoms with van der Waals surface area (Å²) in [5.74, 6) is 1.46. The van der Waals surface area contributed by atoms with Crippen molar-refractivity contribution in [3.63, 3.8) is 0 Å². The first-order valence-corrected chi connectivity index (χ1v) is 11.0. The molecule has 1 atom stereocenters. The van der Waals surface area contributed by atoms with Gasteiger partial charge in [0.25, 0.3) is 0 Å². The molecule has 0 spiro atoms. The monoisotopic (exact) mass is 424 g/mol. The van der Waals surface area contributed by atoms with Gasteiger partial charge in [0.1, 0.15) is 6.04 Å². The number of anilines is 2. The maximum absolute atomic E-state index is 11.8. The van der Waals surface area contributed by atoms with Crippen molar-refractivity contribution >= 4 is 41.5 Å². The first-order chi connectivity index (χ1) is 14.7. The van der Waals surface area contributed by atoms with E-state index in [-0.39, 0.29) is 0 Å². The highest BCUT2D eigenvalue weighted by Gasteiger charge is 2.27. The highest BCUT2D eigenvalue weighted by Crippen LogP contribution is 2.28. The molecule has 2 fully saturated rings. The lowest BCUT2D eigenvalue weighted by molar-refractivity contribution is -0.130. The number of aromatic nitrogens is 3. The van der Waals surface area contributed by atoms with E-state index in [2.05, 4.69) is 30.5 Å². The van der Waals surface area contributed by atoms with Crippen LogP contribution in [0.3, 0.4) is 0 Å². The van der Waals surface area contributed by atoms with E-state index < -0.39 is 11.8 Å². The predicted octanol–water partition coefficient (Wildman–Crippen LogP) is 1.97. The van der Waals surface area contributed by atoms with Gasteiger partial charge in [0.15, 0.2) is 6.29 Å². The van der Waals surface area contributed by atoms with E-state index >= 15 is 0 Å². The number of carbonyl (C=O) groups excluding carboxylic acids is 2. The van der Waals surface area contributed by atoms with Gasteiger partial charge in [-0.15, -0.1) is 11.8 Å². The molecule has 30 heavy (non-hydrogen) atoms. The van der Waals surface area contributed by atoms with Crippen molar-refractivity contribution in [3.8, 4) is 0 Å². The minimum atomic E-state index is -0.561. The lowest BCUT2D eigenvalue weighted by atomic mass is 9.97. The summed E-state index contributed by atoms with van der Waals surface area (Å²) in [4.78, 5) is 38.9. The quantitative estimate of drug-likeness (QED) is 0.510. The Kier molecular flexibility index (Phi) is 6.70. The summed E-state index contributed by atoms with van der Waals surface area (Å²) >= 11 is 1.52. The minimum Gasteiger partial charge on any atom is -0.384 e. The van der Waals surface area contributed by atoms with Gasteiger partial charge in [-0.05, 0) is 43.0 Å². The number of hydrogen-bond acceptors (Lipinski definition) is 9. The fourth-order valence-corrected chi connectivity index (χ4v) is 4.62. The Labute approximate surface area is 179 Å². The first-order valence-electron chi connectivity index (χ1n) is 10.0. The van der Waals surface area contributed by atoms with Crippen LogP contribution in [0.5, 0.6) is 0 Å². The third-order valence-electron chi connectivity index (χ3n) is 5.32. The number of nitrogens with one attached hydrogen (secondary N) is 2. The molecule has 9 heteroatoms. The zero-order chi connectivity index (χ0) is 20.8. The minimum absolute atomic E-state index is 0.371. The van der Waals surface area contributed by atoms with Crippen LogP contribution in [-0.2, 0) is 9.59 Å². The van der Waals surface area contributed by atoms with E-state index in [1.165, 1.54) is 11.8 Å². The van der Waals surface area contributed by atoms with Gasteiger partial charge in [0, 0.05) is 49.0 Å². The summed E-state index contributed by atoms with van der Waals surface area (Å²) in [5.41, 5.74) is 1.80. The summed E-state index contributed by atoms with van der Waals surface area (Å²) in [7, 11) is 0. The van der Waals surface area contributed by atoms with Crippen LogP contribution >= 0.6 is 11.8 Å². The van der Waals surface area contributed by atoms with Gasteiger partial charge >= 0.3 is 0 Å². The smallest absolute Gasteiger partial charge is 0.225 e. The normalized spacial score (nSPS) is 21.0. The lowest BCUT2D eigenvalue weighted by Crippen LogP contribution is -2.37. The molecule has 2 aromatic heterocycles. The lowest BCUT2D eigenvalue weighted by Gasteiger charge is -2.32. The number of Topliss-reactive ketones (excluding diaryl/α,β-unsaturated/α-hetero) is 1. The number of piperidine rings is 1. The maximum Gasteiger partial charge on any atom is 0.225 e. The molecule has 4 heterocycles. The van der Waals surface area contributed by atoms with Crippen LogP contribution in [0.4, 0.5) is 11.6 Å². The highest BCUT2D eigenvalue weighted by molar-refractivity contribution is 8.03. The summed E-state index contributed by atoms with van der Waals surface area (Å²) in [6.45, 7) is 2.74. The fourth-order valence-electron chi connectivity index (χ4n) is 3.63. The summed E-state index contributed by atoms with van der Waals surface area (Å²) in [6.07, 6.45) is 9.73. The molecule has 156 valence electrons. The molecule has 0 amide bonds. The highest BCUT2D eigenvalue weighted by atomic mass is 32.2. The van der Waals surface area contributed by atoms with Crippen molar-refractivity contribution in [2.45, 2.75) is 18.9 Å². The van der Waals surface area contributed by atoms with Crippen LogP contribution in [0.15, 0.2) is 41.7 Å². The van der Waals surface area contributed by atoms with Gasteiger partial charge in [-0.25, -0.2) is 9.97 Å². The molecular weight excluding hydrogens is 400 g/mol. The molecular formula is C21H24N6O2S. The molecule has 0 saturated carbocycles. The molecule has 2 N–H and O–H groups in total. The Morgan fingerprint density at radius 1 is 1.30 bits per heavy atom. The third kappa shape index (κ3) is 5.03. The van der Waals surface area contributed by atoms with Gasteiger partial charge in [-0.3, -0.25) is 19.9 Å². The van der Waals surface area contributed by atoms with Gasteiger partial charge in [0.2, 0.25) is 11.7 Å². The second kappa shape index (κ2) is 9.82. The Balaban J connectivity index is 1.35. The van der Waals surface area contributed by atoms with Crippen molar-refractivity contribution in [2.75, 3.05) is 35.7 Å². The number of ketones is 1. The van der Waals surface area contributed by atoms with Crippen LogP contribution in [0.1, 0.15) is 18.5 Å². The van der Waals surface area contributed by atoms with Crippen molar-refractivity contribution in [3.05, 3.63) is 47.4 Å². The number of aldehydes is 1. The molecule has 0 aliphatic carbocycles. The van der Waals surface area contributed by atoms with Crippen molar-refractivity contribution < 1.29 is 9.59 Å². The Bertz CT molecular complexity index is 915. The zero-order valence-electron chi connectivity index (χ0n) is 16.5. The average Bonchev–Trinajstić information content (AvgIpc) is 3.26. The van der Waals surface area contributed by atoms with Crippen molar-refractivity contribution in [1.82, 2.24) is 20.3 Å². The predicted molar refractivity (Wildman–Crippen MR) is 118 cm³/mol. The Morgan fingerprint density at radius 3 is 2.93 bits per heavy atom. The van der Waals surface area contributed by atoms with Crippen LogP contribution in [-0.4, -0.2) is 58.6 Å². The van der Waals surface area contributed by atoms with Crippen LogP contribution < -0.4 is 15.5 Å². The number of rotatable bonds is 7. The summed E-state index contributed by atoms with van der Waals surface area (Å²) in [6, 6.07) is 5.22. The molecule has 0 bridgehead atoms. The maximum atomic E-state index is 11.8. The molecule has 2 saturated heterocycles. The van der Waals surface area contributed by atoms with E-state index in [4.69, 9.17) is 0 Å². The van der Waals surface area contributed by atoms with E-state index in [9.17, 15) is 9.59 Å². The molecule has 4 rings (SSSR count). The Hall–Kier alpha value is -2.78. The van der Waals surface area contributed by atoms with E-state index in [0.717, 1.165) is 48.8 Å². The van der Waals surface area contributed by atoms with Gasteiger partial charge in [0.05, 0.1) is 11.4 Å². The fraction of sp³-hybridized carbons (Fsp3) is 0.381. The molecule has 0 aromatic carbocycles. The SMILES string of the molecule is O=CC(=O)C1NCS/C1=C\c1ccnc(N2CCC(CNc3cccnc3)CC2)n1. The number of pyridine rings is 1. The van der Waals surface area contributed by atoms with E-state index in [0.29, 0.717) is 24.0 Å². The van der Waals surface area contributed by atoms with Crippen molar-refractivity contribution in [1.29, 1.82) is 0 Å². The van der Waals surface area contributed by atoms with Crippen LogP contribution in [0.2, 0.25) is 0 Å².